The molecule has 8 heteroatoms. The molecule has 0 radical (unpaired) electrons. The molecule has 25 heavy (non-hydrogen) atoms. The normalized spacial score (nSPS) is 12.3. The lowest BCUT2D eigenvalue weighted by molar-refractivity contribution is -0.104. The molecule has 0 aromatic heterocycles. The van der Waals surface area contributed by atoms with Gasteiger partial charge in [-0.05, 0) is 51.2 Å². The summed E-state index contributed by atoms with van der Waals surface area (Å²) in [6.07, 6.45) is 5.66. The molecule has 0 atom stereocenters. The van der Waals surface area contributed by atoms with Crippen LogP contribution in [0, 0.1) is 5.41 Å². The van der Waals surface area contributed by atoms with E-state index in [-0.39, 0.29) is 5.41 Å². The van der Waals surface area contributed by atoms with Gasteiger partial charge in [-0.15, -0.1) is 0 Å². The average molecular weight is 363 g/mol. The van der Waals surface area contributed by atoms with E-state index in [0.717, 1.165) is 19.3 Å². The second-order valence-electron chi connectivity index (χ2n) is 6.03. The van der Waals surface area contributed by atoms with Gasteiger partial charge in [0, 0.05) is 19.8 Å². The van der Waals surface area contributed by atoms with Gasteiger partial charge >= 0.3 is 0 Å². The fraction of sp³-hybridized carbons (Fsp3) is 0.882. The van der Waals surface area contributed by atoms with Gasteiger partial charge in [-0.25, -0.2) is 0 Å². The van der Waals surface area contributed by atoms with Crippen molar-refractivity contribution in [2.45, 2.75) is 19.3 Å². The lowest BCUT2D eigenvalue weighted by atomic mass is 9.92. The Kier molecular flexibility index (Phi) is 17.5. The molecule has 0 rings (SSSR count). The monoisotopic (exact) mass is 362 g/mol. The van der Waals surface area contributed by atoms with E-state index in [1.165, 1.54) is 6.20 Å². The summed E-state index contributed by atoms with van der Waals surface area (Å²) in [7, 11) is 0. The maximum atomic E-state index is 5.80. The van der Waals surface area contributed by atoms with Gasteiger partial charge < -0.3 is 41.9 Å². The van der Waals surface area contributed by atoms with Crippen LogP contribution in [0.15, 0.2) is 12.3 Å². The molecule has 0 bridgehead atoms. The maximum absolute atomic E-state index is 5.80. The van der Waals surface area contributed by atoms with Crippen LogP contribution in [0.4, 0.5) is 0 Å². The Morgan fingerprint density at radius 1 is 0.640 bits per heavy atom. The van der Waals surface area contributed by atoms with E-state index < -0.39 is 0 Å². The Hall–Kier alpha value is -0.740. The Labute approximate surface area is 152 Å². The van der Waals surface area contributed by atoms with Crippen LogP contribution in [-0.2, 0) is 18.9 Å². The third-order valence-corrected chi connectivity index (χ3v) is 3.46. The lowest BCUT2D eigenvalue weighted by Crippen LogP contribution is -2.42. The number of nitrogens with two attached hydrogens (primary N) is 4. The summed E-state index contributed by atoms with van der Waals surface area (Å²) < 4.78 is 23.1. The van der Waals surface area contributed by atoms with Crippen molar-refractivity contribution in [2.75, 3.05) is 72.5 Å². The summed E-state index contributed by atoms with van der Waals surface area (Å²) in [6.45, 7) is 5.93. The fourth-order valence-electron chi connectivity index (χ4n) is 2.07. The molecule has 8 N–H and O–H groups in total. The molecule has 0 aliphatic rings. The molecule has 0 unspecified atom stereocenters. The first-order chi connectivity index (χ1) is 12.2. The highest BCUT2D eigenvalue weighted by atomic mass is 16.5. The molecule has 8 nitrogen and oxygen atoms in total. The van der Waals surface area contributed by atoms with Crippen molar-refractivity contribution in [1.82, 2.24) is 0 Å². The van der Waals surface area contributed by atoms with E-state index in [1.807, 2.05) is 0 Å². The maximum Gasteiger partial charge on any atom is 0.0664 e. The van der Waals surface area contributed by atoms with Crippen LogP contribution in [0.1, 0.15) is 19.3 Å². The Bertz CT molecular complexity index is 275. The smallest absolute Gasteiger partial charge is 0.0664 e. The van der Waals surface area contributed by atoms with Crippen LogP contribution in [0.25, 0.3) is 0 Å². The average Bonchev–Trinajstić information content (AvgIpc) is 2.63. The minimum Gasteiger partial charge on any atom is -0.405 e. The van der Waals surface area contributed by atoms with Crippen LogP contribution >= 0.6 is 0 Å². The minimum absolute atomic E-state index is 0.389. The summed E-state index contributed by atoms with van der Waals surface area (Å²) in [5.74, 6) is 0. The van der Waals surface area contributed by atoms with Gasteiger partial charge in [0.05, 0.1) is 38.4 Å². The molecule has 0 saturated carbocycles. The van der Waals surface area contributed by atoms with E-state index in [9.17, 15) is 0 Å². The van der Waals surface area contributed by atoms with Gasteiger partial charge in [-0.2, -0.15) is 0 Å². The van der Waals surface area contributed by atoms with Crippen molar-refractivity contribution in [2.24, 2.45) is 28.3 Å². The molecule has 0 aromatic carbocycles. The largest absolute Gasteiger partial charge is 0.405 e. The molecule has 0 spiro atoms. The lowest BCUT2D eigenvalue weighted by Gasteiger charge is -2.33. The number of rotatable bonds is 19. The second kappa shape index (κ2) is 18.1. The Balaban J connectivity index is 4.67. The van der Waals surface area contributed by atoms with E-state index in [4.69, 9.17) is 41.9 Å². The summed E-state index contributed by atoms with van der Waals surface area (Å²) in [6, 6.07) is 0. The molecule has 0 aliphatic heterocycles. The van der Waals surface area contributed by atoms with E-state index in [0.29, 0.717) is 72.5 Å². The molecule has 150 valence electrons. The molecule has 0 amide bonds. The fourth-order valence-corrected chi connectivity index (χ4v) is 2.07. The Morgan fingerprint density at radius 2 is 1.04 bits per heavy atom. The molecular formula is C17H38N4O4. The predicted molar refractivity (Wildman–Crippen MR) is 100 cm³/mol. The third-order valence-electron chi connectivity index (χ3n) is 3.46. The van der Waals surface area contributed by atoms with Gasteiger partial charge in [0.2, 0.25) is 0 Å². The van der Waals surface area contributed by atoms with Crippen molar-refractivity contribution in [3.05, 3.63) is 12.3 Å². The highest BCUT2D eigenvalue weighted by Crippen LogP contribution is 2.21. The van der Waals surface area contributed by atoms with Gasteiger partial charge in [0.15, 0.2) is 0 Å². The highest BCUT2D eigenvalue weighted by molar-refractivity contribution is 4.81. The van der Waals surface area contributed by atoms with E-state index in [2.05, 4.69) is 0 Å². The zero-order chi connectivity index (χ0) is 18.6. The van der Waals surface area contributed by atoms with Crippen LogP contribution in [-0.4, -0.2) is 72.5 Å². The van der Waals surface area contributed by atoms with Gasteiger partial charge in [-0.1, -0.05) is 0 Å². The highest BCUT2D eigenvalue weighted by Gasteiger charge is 2.32. The van der Waals surface area contributed by atoms with E-state index in [1.54, 1.807) is 6.08 Å². The zero-order valence-corrected chi connectivity index (χ0v) is 15.5. The summed E-state index contributed by atoms with van der Waals surface area (Å²) >= 11 is 0. The summed E-state index contributed by atoms with van der Waals surface area (Å²) in [4.78, 5) is 0. The summed E-state index contributed by atoms with van der Waals surface area (Å²) in [5, 5.41) is 0. The van der Waals surface area contributed by atoms with E-state index >= 15 is 0 Å². The number of ether oxygens (including phenoxy) is 4. The molecular weight excluding hydrogens is 324 g/mol. The molecule has 0 heterocycles. The predicted octanol–water partition coefficient (Wildman–Crippen LogP) is -0.442. The van der Waals surface area contributed by atoms with Crippen LogP contribution in [0.5, 0.6) is 0 Å². The molecule has 0 aromatic rings. The topological polar surface area (TPSA) is 141 Å². The van der Waals surface area contributed by atoms with Crippen LogP contribution in [0.3, 0.4) is 0 Å². The first-order valence-electron chi connectivity index (χ1n) is 9.02. The van der Waals surface area contributed by atoms with Crippen molar-refractivity contribution < 1.29 is 18.9 Å². The SMILES string of the molecule is N/C=C/COCC(COCCCN)(COCCCN)COCCCN. The standard InChI is InChI=1S/C17H38N4O4/c18-5-1-9-22-13-17(14-23-10-2-6-19,15-24-11-3-7-20)16-25-12-4-8-21/h1,5H,2-4,6-16,18-21H2/b5-1+. The number of hydrogen-bond acceptors (Lipinski definition) is 8. The second-order valence-corrected chi connectivity index (χ2v) is 6.03. The number of hydrogen-bond donors (Lipinski definition) is 4. The first kappa shape index (κ1) is 24.3. The minimum atomic E-state index is -0.389. The molecule has 0 fully saturated rings. The van der Waals surface area contributed by atoms with Gasteiger partial charge in [-0.3, -0.25) is 0 Å². The van der Waals surface area contributed by atoms with Gasteiger partial charge in [0.1, 0.15) is 0 Å². The zero-order valence-electron chi connectivity index (χ0n) is 15.5. The summed E-state index contributed by atoms with van der Waals surface area (Å²) in [5.41, 5.74) is 21.5. The Morgan fingerprint density at radius 3 is 1.40 bits per heavy atom. The quantitative estimate of drug-likeness (QED) is 0.227. The first-order valence-corrected chi connectivity index (χ1v) is 9.02. The van der Waals surface area contributed by atoms with Gasteiger partial charge in [0.25, 0.3) is 0 Å². The van der Waals surface area contributed by atoms with Crippen LogP contribution in [0.2, 0.25) is 0 Å². The van der Waals surface area contributed by atoms with Crippen LogP contribution < -0.4 is 22.9 Å². The van der Waals surface area contributed by atoms with Crippen molar-refractivity contribution >= 4 is 0 Å². The molecule has 0 saturated heterocycles. The van der Waals surface area contributed by atoms with Crippen molar-refractivity contribution in [3.8, 4) is 0 Å². The molecule has 0 aliphatic carbocycles. The van der Waals surface area contributed by atoms with Crippen molar-refractivity contribution in [1.29, 1.82) is 0 Å². The van der Waals surface area contributed by atoms with Crippen molar-refractivity contribution in [3.63, 3.8) is 0 Å². The third kappa shape index (κ3) is 14.1.